The maximum absolute atomic E-state index is 4.94. The minimum Gasteiger partial charge on any atom is -0.377 e. The topological polar surface area (TPSA) is 18.5 Å². The van der Waals surface area contributed by atoms with E-state index in [4.69, 9.17) is 9.47 Å². The predicted molar refractivity (Wildman–Crippen MR) is 119 cm³/mol. The van der Waals surface area contributed by atoms with Gasteiger partial charge in [-0.25, -0.2) is 12.1 Å². The van der Waals surface area contributed by atoms with Crippen molar-refractivity contribution in [3.63, 3.8) is 0 Å². The number of benzene rings is 2. The van der Waals surface area contributed by atoms with Crippen molar-refractivity contribution >= 4 is 22.7 Å². The van der Waals surface area contributed by atoms with E-state index in [1.165, 1.54) is 0 Å². The minimum atomic E-state index is 0. The third-order valence-electron chi connectivity index (χ3n) is 2.72. The zero-order chi connectivity index (χ0) is 19.8. The summed E-state index contributed by atoms with van der Waals surface area (Å²) < 4.78 is 9.89. The van der Waals surface area contributed by atoms with Crippen LogP contribution in [-0.2, 0) is 64.1 Å². The van der Waals surface area contributed by atoms with Crippen LogP contribution in [0, 0.1) is 22.9 Å². The van der Waals surface area contributed by atoms with Crippen molar-refractivity contribution in [3.8, 4) is 0 Å². The summed E-state index contributed by atoms with van der Waals surface area (Å²) in [6.45, 7) is 3.11. The molecule has 2 aromatic heterocycles. The standard InChI is InChI=1S/2C6H5.C4H8O2.2C4H3S.2Cd/c2*1-2-4-6-5-3-1;1-2-6-4-3-5-1;2*1-2-4-5-3-1;;/h2*1-5H;1-4H2;2*1-3H;;/q2*-1;;2*-1;2*+2. The molecule has 0 amide bonds. The number of thiophene rings is 2. The van der Waals surface area contributed by atoms with E-state index in [0.717, 1.165) is 26.4 Å². The van der Waals surface area contributed by atoms with Crippen molar-refractivity contribution in [1.29, 1.82) is 0 Å². The molecule has 0 N–H and O–H groups in total. The molecule has 2 nitrogen and oxygen atoms in total. The minimum absolute atomic E-state index is 0. The molecule has 1 fully saturated rings. The summed E-state index contributed by atoms with van der Waals surface area (Å²) in [5, 5.41) is 9.78. The molecule has 0 atom stereocenters. The van der Waals surface area contributed by atoms with Gasteiger partial charge in [-0.05, 0) is 0 Å². The van der Waals surface area contributed by atoms with Gasteiger partial charge in [0, 0.05) is 0 Å². The van der Waals surface area contributed by atoms with Crippen LogP contribution in [0.25, 0.3) is 0 Å². The predicted octanol–water partition coefficient (Wildman–Crippen LogP) is 6.10. The average molecular weight is 633 g/mol. The summed E-state index contributed by atoms with van der Waals surface area (Å²) in [6, 6.07) is 32.7. The molecule has 1 aliphatic rings. The molecule has 0 radical (unpaired) electrons. The van der Waals surface area contributed by atoms with E-state index in [1.54, 1.807) is 22.7 Å². The molecule has 5 rings (SSSR count). The van der Waals surface area contributed by atoms with Gasteiger partial charge in [-0.2, -0.15) is 95.7 Å². The van der Waals surface area contributed by atoms with Crippen LogP contribution in [0.5, 0.6) is 0 Å². The van der Waals surface area contributed by atoms with Crippen LogP contribution in [0.2, 0.25) is 0 Å². The Balaban J connectivity index is 0. The van der Waals surface area contributed by atoms with Crippen molar-refractivity contribution in [2.45, 2.75) is 0 Å². The summed E-state index contributed by atoms with van der Waals surface area (Å²) in [5.41, 5.74) is 0. The van der Waals surface area contributed by atoms with Crippen molar-refractivity contribution in [2.75, 3.05) is 26.4 Å². The first-order chi connectivity index (χ1) is 14.0. The zero-order valence-electron chi connectivity index (χ0n) is 17.1. The van der Waals surface area contributed by atoms with E-state index in [2.05, 4.69) is 22.9 Å². The summed E-state index contributed by atoms with van der Waals surface area (Å²) >= 11 is 3.18. The molecule has 6 heteroatoms. The number of rotatable bonds is 0. The van der Waals surface area contributed by atoms with Crippen LogP contribution in [0.3, 0.4) is 0 Å². The van der Waals surface area contributed by atoms with Gasteiger partial charge < -0.3 is 32.1 Å². The summed E-state index contributed by atoms with van der Waals surface area (Å²) in [5.74, 6) is 0. The molecule has 3 heterocycles. The molecule has 0 unspecified atom stereocenters. The van der Waals surface area contributed by atoms with Crippen LogP contribution < -0.4 is 0 Å². The molecule has 1 saturated heterocycles. The second-order valence-corrected chi connectivity index (χ2v) is 6.33. The SMILES string of the molecule is C1COCCO1.[Cd+2].[Cd+2].[c-]1ccccc1.[c-]1ccccc1.[c-]1cccs1.[c-]1cccs1. The third kappa shape index (κ3) is 25.6. The molecule has 148 valence electrons. The zero-order valence-corrected chi connectivity index (χ0v) is 26.8. The van der Waals surface area contributed by atoms with Gasteiger partial charge in [-0.15, -0.1) is 10.8 Å². The second-order valence-electron chi connectivity index (χ2n) is 4.84. The monoisotopic (exact) mass is 636 g/mol. The molecule has 1 aliphatic heterocycles. The molecule has 0 spiro atoms. The Labute approximate surface area is 229 Å². The Hall–Kier alpha value is -0.396. The molecule has 0 aliphatic carbocycles. The fraction of sp³-hybridized carbons (Fsp3) is 0.167. The maximum atomic E-state index is 4.94. The molecular formula is C24H24Cd2O2S2. The molecule has 4 aromatic rings. The van der Waals surface area contributed by atoms with Gasteiger partial charge in [0.2, 0.25) is 0 Å². The number of ether oxygens (including phenoxy) is 2. The van der Waals surface area contributed by atoms with Gasteiger partial charge in [0.05, 0.1) is 26.4 Å². The maximum Gasteiger partial charge on any atom is 2.00 e. The fourth-order valence-corrected chi connectivity index (χ4v) is 2.30. The summed E-state index contributed by atoms with van der Waals surface area (Å²) in [7, 11) is 0. The van der Waals surface area contributed by atoms with E-state index >= 15 is 0 Å². The normalized spacial score (nSPS) is 10.7. The molecular weight excluding hydrogens is 609 g/mol. The Morgan fingerprint density at radius 1 is 0.467 bits per heavy atom. The van der Waals surface area contributed by atoms with Crippen molar-refractivity contribution in [2.24, 2.45) is 0 Å². The Morgan fingerprint density at radius 2 is 0.833 bits per heavy atom. The van der Waals surface area contributed by atoms with Crippen LogP contribution >= 0.6 is 22.7 Å². The van der Waals surface area contributed by atoms with Crippen molar-refractivity contribution in [1.82, 2.24) is 0 Å². The van der Waals surface area contributed by atoms with E-state index in [-0.39, 0.29) is 54.6 Å². The fourth-order valence-electron chi connectivity index (χ4n) is 1.52. The van der Waals surface area contributed by atoms with E-state index in [0.29, 0.717) is 0 Å². The van der Waals surface area contributed by atoms with Gasteiger partial charge in [-0.1, -0.05) is 0 Å². The third-order valence-corrected chi connectivity index (χ3v) is 3.85. The first kappa shape index (κ1) is 31.8. The van der Waals surface area contributed by atoms with Crippen LogP contribution in [0.15, 0.2) is 95.7 Å². The van der Waals surface area contributed by atoms with Crippen molar-refractivity contribution in [3.05, 3.63) is 119 Å². The number of hydrogen-bond donors (Lipinski definition) is 0. The largest absolute Gasteiger partial charge is 2.00 e. The molecule has 0 bridgehead atoms. The van der Waals surface area contributed by atoms with Crippen LogP contribution in [0.4, 0.5) is 0 Å². The number of hydrogen-bond acceptors (Lipinski definition) is 4. The van der Waals surface area contributed by atoms with Gasteiger partial charge in [0.25, 0.3) is 0 Å². The van der Waals surface area contributed by atoms with E-state index < -0.39 is 0 Å². The van der Waals surface area contributed by atoms with Gasteiger partial charge >= 0.3 is 54.6 Å². The van der Waals surface area contributed by atoms with Crippen LogP contribution in [0.1, 0.15) is 0 Å². The Morgan fingerprint density at radius 3 is 0.933 bits per heavy atom. The van der Waals surface area contributed by atoms with Gasteiger partial charge in [0.15, 0.2) is 0 Å². The average Bonchev–Trinajstić information content (AvgIpc) is 3.58. The van der Waals surface area contributed by atoms with E-state index in [1.807, 2.05) is 95.7 Å². The Bertz CT molecular complexity index is 534. The van der Waals surface area contributed by atoms with E-state index in [9.17, 15) is 0 Å². The van der Waals surface area contributed by atoms with Gasteiger partial charge in [0.1, 0.15) is 0 Å². The van der Waals surface area contributed by atoms with Gasteiger partial charge in [-0.3, -0.25) is 0 Å². The molecule has 0 saturated carbocycles. The second kappa shape index (κ2) is 28.6. The first-order valence-corrected chi connectivity index (χ1v) is 10.5. The van der Waals surface area contributed by atoms with Crippen LogP contribution in [-0.4, -0.2) is 26.4 Å². The Kier molecular flexibility index (Phi) is 30.3. The smallest absolute Gasteiger partial charge is 0.377 e. The van der Waals surface area contributed by atoms with Crippen molar-refractivity contribution < 1.29 is 64.1 Å². The molecule has 30 heavy (non-hydrogen) atoms. The molecule has 2 aromatic carbocycles. The summed E-state index contributed by atoms with van der Waals surface area (Å²) in [4.78, 5) is 0. The first-order valence-electron chi connectivity index (χ1n) is 8.77. The quantitative estimate of drug-likeness (QED) is 0.172. The summed E-state index contributed by atoms with van der Waals surface area (Å²) in [6.07, 6.45) is 0.